The lowest BCUT2D eigenvalue weighted by Gasteiger charge is -2.00. The molecule has 0 atom stereocenters. The second-order valence-corrected chi connectivity index (χ2v) is 5.44. The maximum absolute atomic E-state index is 8.95. The molecule has 1 heterocycles. The quantitative estimate of drug-likeness (QED) is 0.835. The van der Waals surface area contributed by atoms with Gasteiger partial charge in [0, 0.05) is 9.92 Å². The van der Waals surface area contributed by atoms with Gasteiger partial charge in [-0.25, -0.2) is 4.98 Å². The number of rotatable bonds is 2. The summed E-state index contributed by atoms with van der Waals surface area (Å²) in [5.41, 5.74) is 0.599. The average molecular weight is 268 g/mol. The Labute approximate surface area is 106 Å². The smallest absolute Gasteiger partial charge is 0.174 e. The third-order valence-corrected chi connectivity index (χ3v) is 3.91. The largest absolute Gasteiger partial charge is 0.213 e. The van der Waals surface area contributed by atoms with Gasteiger partial charge in [-0.1, -0.05) is 23.4 Å². The minimum absolute atomic E-state index is 0.599. The van der Waals surface area contributed by atoms with E-state index in [2.05, 4.69) is 15.4 Å². The topological polar surface area (TPSA) is 49.6 Å². The van der Waals surface area contributed by atoms with E-state index in [4.69, 9.17) is 16.9 Å². The molecule has 1 aromatic carbocycles. The van der Waals surface area contributed by atoms with Crippen molar-refractivity contribution >= 4 is 34.9 Å². The van der Waals surface area contributed by atoms with Crippen LogP contribution in [0.3, 0.4) is 0 Å². The second kappa shape index (κ2) is 4.83. The van der Waals surface area contributed by atoms with E-state index >= 15 is 0 Å². The number of halogens is 1. The van der Waals surface area contributed by atoms with Gasteiger partial charge in [0.05, 0.1) is 5.56 Å². The van der Waals surface area contributed by atoms with Crippen molar-refractivity contribution in [3.05, 3.63) is 34.6 Å². The number of nitrogens with zero attached hydrogens (tertiary/aromatic N) is 3. The fourth-order valence-electron chi connectivity index (χ4n) is 1.09. The van der Waals surface area contributed by atoms with Crippen molar-refractivity contribution in [2.24, 2.45) is 0 Å². The summed E-state index contributed by atoms with van der Waals surface area (Å²) in [6.45, 7) is 1.84. The summed E-state index contributed by atoms with van der Waals surface area (Å²) in [7, 11) is 0. The minimum Gasteiger partial charge on any atom is -0.213 e. The molecule has 80 valence electrons. The molecular formula is C10H6ClN3S2. The van der Waals surface area contributed by atoms with Gasteiger partial charge in [0.25, 0.3) is 0 Å². The third kappa shape index (κ3) is 2.53. The summed E-state index contributed by atoms with van der Waals surface area (Å²) in [5.74, 6) is 0.744. The normalized spacial score (nSPS) is 10.1. The van der Waals surface area contributed by atoms with Crippen molar-refractivity contribution in [3.8, 4) is 6.07 Å². The van der Waals surface area contributed by atoms with E-state index in [0.717, 1.165) is 15.1 Å². The zero-order chi connectivity index (χ0) is 11.5. The number of hydrogen-bond donors (Lipinski definition) is 0. The molecule has 0 fully saturated rings. The SMILES string of the molecule is Cc1nsc(Sc2cc(Cl)ccc2C#N)n1. The van der Waals surface area contributed by atoms with Gasteiger partial charge in [-0.15, -0.1) is 0 Å². The van der Waals surface area contributed by atoms with Crippen LogP contribution in [-0.4, -0.2) is 9.36 Å². The Balaban J connectivity index is 2.34. The van der Waals surface area contributed by atoms with Crippen molar-refractivity contribution < 1.29 is 0 Å². The Hall–Kier alpha value is -1.09. The van der Waals surface area contributed by atoms with Crippen LogP contribution in [0.25, 0.3) is 0 Å². The Morgan fingerprint density at radius 1 is 1.50 bits per heavy atom. The summed E-state index contributed by atoms with van der Waals surface area (Å²) in [4.78, 5) is 5.04. The number of aromatic nitrogens is 2. The highest BCUT2D eigenvalue weighted by molar-refractivity contribution is 8.01. The second-order valence-electron chi connectivity index (χ2n) is 2.96. The van der Waals surface area contributed by atoms with Gasteiger partial charge >= 0.3 is 0 Å². The van der Waals surface area contributed by atoms with Crippen LogP contribution in [0.4, 0.5) is 0 Å². The Kier molecular flexibility index (Phi) is 3.44. The minimum atomic E-state index is 0.599. The highest BCUT2D eigenvalue weighted by Gasteiger charge is 2.08. The first-order chi connectivity index (χ1) is 7.69. The molecule has 0 spiro atoms. The number of hydrogen-bond acceptors (Lipinski definition) is 5. The van der Waals surface area contributed by atoms with Crippen LogP contribution in [0.15, 0.2) is 27.4 Å². The van der Waals surface area contributed by atoms with E-state index in [1.807, 2.05) is 6.92 Å². The zero-order valence-electron chi connectivity index (χ0n) is 8.27. The van der Waals surface area contributed by atoms with Crippen molar-refractivity contribution in [1.82, 2.24) is 9.36 Å². The third-order valence-electron chi connectivity index (χ3n) is 1.77. The molecule has 0 aliphatic carbocycles. The molecule has 0 radical (unpaired) electrons. The van der Waals surface area contributed by atoms with E-state index in [1.165, 1.54) is 23.3 Å². The lowest BCUT2D eigenvalue weighted by molar-refractivity contribution is 1.10. The van der Waals surface area contributed by atoms with Gasteiger partial charge in [-0.3, -0.25) is 0 Å². The Morgan fingerprint density at radius 3 is 2.94 bits per heavy atom. The van der Waals surface area contributed by atoms with E-state index in [1.54, 1.807) is 18.2 Å². The molecule has 0 aliphatic rings. The fourth-order valence-corrected chi connectivity index (χ4v) is 3.05. The van der Waals surface area contributed by atoms with Gasteiger partial charge in [0.1, 0.15) is 11.9 Å². The molecule has 1 aromatic heterocycles. The molecule has 2 aromatic rings. The average Bonchev–Trinajstić information content (AvgIpc) is 2.64. The summed E-state index contributed by atoms with van der Waals surface area (Å²) >= 11 is 8.62. The summed E-state index contributed by atoms with van der Waals surface area (Å²) < 4.78 is 4.90. The molecule has 0 saturated heterocycles. The van der Waals surface area contributed by atoms with E-state index < -0.39 is 0 Å². The predicted molar refractivity (Wildman–Crippen MR) is 64.9 cm³/mol. The van der Waals surface area contributed by atoms with Crippen LogP contribution in [0, 0.1) is 18.3 Å². The van der Waals surface area contributed by atoms with Crippen molar-refractivity contribution in [2.75, 3.05) is 0 Å². The summed E-state index contributed by atoms with van der Waals surface area (Å²) in [6, 6.07) is 7.30. The van der Waals surface area contributed by atoms with Gasteiger partial charge in [-0.2, -0.15) is 9.64 Å². The van der Waals surface area contributed by atoms with Crippen molar-refractivity contribution in [1.29, 1.82) is 5.26 Å². The number of nitriles is 1. The maximum Gasteiger partial charge on any atom is 0.174 e. The van der Waals surface area contributed by atoms with Crippen LogP contribution >= 0.6 is 34.9 Å². The summed E-state index contributed by atoms with van der Waals surface area (Å²) in [6.07, 6.45) is 0. The highest BCUT2D eigenvalue weighted by atomic mass is 35.5. The van der Waals surface area contributed by atoms with Crippen LogP contribution in [-0.2, 0) is 0 Å². The number of benzene rings is 1. The Morgan fingerprint density at radius 2 is 2.31 bits per heavy atom. The first kappa shape index (κ1) is 11.4. The molecule has 2 rings (SSSR count). The molecular weight excluding hydrogens is 262 g/mol. The lowest BCUT2D eigenvalue weighted by atomic mass is 10.2. The van der Waals surface area contributed by atoms with Crippen LogP contribution < -0.4 is 0 Å². The van der Waals surface area contributed by atoms with Crippen LogP contribution in [0.2, 0.25) is 5.02 Å². The van der Waals surface area contributed by atoms with E-state index in [-0.39, 0.29) is 0 Å². The first-order valence-electron chi connectivity index (χ1n) is 4.37. The standard InChI is InChI=1S/C10H6ClN3S2/c1-6-13-10(16-14-6)15-9-4-8(11)3-2-7(9)5-12/h2-4H,1H3. The molecule has 6 heteroatoms. The molecule has 0 saturated carbocycles. The van der Waals surface area contributed by atoms with Crippen molar-refractivity contribution in [2.45, 2.75) is 16.2 Å². The lowest BCUT2D eigenvalue weighted by Crippen LogP contribution is -1.81. The van der Waals surface area contributed by atoms with Gasteiger partial charge in [0.2, 0.25) is 0 Å². The van der Waals surface area contributed by atoms with Crippen LogP contribution in [0.5, 0.6) is 0 Å². The summed E-state index contributed by atoms with van der Waals surface area (Å²) in [5, 5.41) is 9.57. The maximum atomic E-state index is 8.95. The van der Waals surface area contributed by atoms with Crippen LogP contribution in [0.1, 0.15) is 11.4 Å². The fraction of sp³-hybridized carbons (Fsp3) is 0.100. The molecule has 0 amide bonds. The predicted octanol–water partition coefficient (Wildman–Crippen LogP) is 3.52. The molecule has 0 bridgehead atoms. The molecule has 0 aliphatic heterocycles. The van der Waals surface area contributed by atoms with Gasteiger partial charge in [0.15, 0.2) is 4.34 Å². The number of aryl methyl sites for hydroxylation is 1. The molecule has 16 heavy (non-hydrogen) atoms. The van der Waals surface area contributed by atoms with Gasteiger partial charge < -0.3 is 0 Å². The zero-order valence-corrected chi connectivity index (χ0v) is 10.7. The van der Waals surface area contributed by atoms with E-state index in [0.29, 0.717) is 10.6 Å². The van der Waals surface area contributed by atoms with Crippen molar-refractivity contribution in [3.63, 3.8) is 0 Å². The molecule has 0 N–H and O–H groups in total. The molecule has 0 unspecified atom stereocenters. The van der Waals surface area contributed by atoms with Gasteiger partial charge in [-0.05, 0) is 36.7 Å². The highest BCUT2D eigenvalue weighted by Crippen LogP contribution is 2.32. The first-order valence-corrected chi connectivity index (χ1v) is 6.33. The Bertz CT molecular complexity index is 559. The molecule has 3 nitrogen and oxygen atoms in total. The monoisotopic (exact) mass is 267 g/mol. The van der Waals surface area contributed by atoms with E-state index in [9.17, 15) is 0 Å².